The molecule has 0 atom stereocenters. The van der Waals surface area contributed by atoms with Crippen LogP contribution in [-0.4, -0.2) is 4.98 Å². The zero-order valence-electron chi connectivity index (χ0n) is 13.8. The van der Waals surface area contributed by atoms with Crippen molar-refractivity contribution in [3.63, 3.8) is 0 Å². The first kappa shape index (κ1) is 13.7. The van der Waals surface area contributed by atoms with Gasteiger partial charge in [0, 0.05) is 10.9 Å². The van der Waals surface area contributed by atoms with Crippen molar-refractivity contribution in [2.24, 2.45) is 0 Å². The summed E-state index contributed by atoms with van der Waals surface area (Å²) >= 11 is 0. The molecule has 0 fully saturated rings. The first-order chi connectivity index (χ1) is 11.8. The van der Waals surface area contributed by atoms with Crippen molar-refractivity contribution in [3.8, 4) is 11.3 Å². The van der Waals surface area contributed by atoms with Crippen LogP contribution < -0.4 is 0 Å². The molecule has 4 aromatic rings. The van der Waals surface area contributed by atoms with Crippen LogP contribution in [0.4, 0.5) is 0 Å². The third kappa shape index (κ3) is 1.91. The van der Waals surface area contributed by atoms with Gasteiger partial charge in [0.05, 0.1) is 11.2 Å². The van der Waals surface area contributed by atoms with E-state index in [4.69, 9.17) is 4.98 Å². The van der Waals surface area contributed by atoms with Crippen LogP contribution in [0.15, 0.2) is 60.7 Å². The normalized spacial score (nSPS) is 13.5. The minimum atomic E-state index is 1.13. The van der Waals surface area contributed by atoms with E-state index >= 15 is 0 Å². The monoisotopic (exact) mass is 309 g/mol. The Morgan fingerprint density at radius 1 is 0.792 bits per heavy atom. The molecule has 0 N–H and O–H groups in total. The highest BCUT2D eigenvalue weighted by Gasteiger charge is 2.22. The Labute approximate surface area is 142 Å². The van der Waals surface area contributed by atoms with Gasteiger partial charge in [0.1, 0.15) is 0 Å². The molecule has 3 aromatic carbocycles. The summed E-state index contributed by atoms with van der Waals surface area (Å²) in [5, 5.41) is 4.03. The molecule has 24 heavy (non-hydrogen) atoms. The molecule has 0 bridgehead atoms. The highest BCUT2D eigenvalue weighted by atomic mass is 14.7. The van der Waals surface area contributed by atoms with Crippen molar-refractivity contribution < 1.29 is 0 Å². The van der Waals surface area contributed by atoms with E-state index < -0.39 is 0 Å². The van der Waals surface area contributed by atoms with Gasteiger partial charge in [0.15, 0.2) is 0 Å². The molecule has 116 valence electrons. The van der Waals surface area contributed by atoms with Gasteiger partial charge in [-0.05, 0) is 59.7 Å². The number of pyridine rings is 1. The molecule has 1 nitrogen and oxygen atoms in total. The Kier molecular flexibility index (Phi) is 2.96. The van der Waals surface area contributed by atoms with Gasteiger partial charge in [-0.2, -0.15) is 0 Å². The van der Waals surface area contributed by atoms with Gasteiger partial charge in [-0.3, -0.25) is 0 Å². The number of benzene rings is 3. The van der Waals surface area contributed by atoms with Gasteiger partial charge in [-0.25, -0.2) is 4.98 Å². The topological polar surface area (TPSA) is 12.9 Å². The second-order valence-corrected chi connectivity index (χ2v) is 6.77. The lowest BCUT2D eigenvalue weighted by Crippen LogP contribution is -1.97. The number of aromatic nitrogens is 1. The molecule has 0 saturated heterocycles. The zero-order valence-corrected chi connectivity index (χ0v) is 13.8. The van der Waals surface area contributed by atoms with E-state index in [-0.39, 0.29) is 0 Å². The number of hydrogen-bond donors (Lipinski definition) is 0. The van der Waals surface area contributed by atoms with Gasteiger partial charge in [0.25, 0.3) is 0 Å². The largest absolute Gasteiger partial charge is 0.247 e. The molecule has 0 spiro atoms. The van der Waals surface area contributed by atoms with Gasteiger partial charge < -0.3 is 0 Å². The standard InChI is InChI=1S/C23H19N/c1-15-7-2-4-9-17(15)23-20-12-6-11-19(20)22-18-10-5-3-8-16(18)13-14-21(22)24-23/h2-5,7-10,13-14H,6,11-12H2,1H3. The second kappa shape index (κ2) is 5.17. The quantitative estimate of drug-likeness (QED) is 0.402. The minimum Gasteiger partial charge on any atom is -0.247 e. The number of nitrogens with zero attached hydrogens (tertiary/aromatic N) is 1. The maximum atomic E-state index is 5.13. The smallest absolute Gasteiger partial charge is 0.0747 e. The predicted octanol–water partition coefficient (Wildman–Crippen LogP) is 5.85. The minimum absolute atomic E-state index is 1.13. The maximum absolute atomic E-state index is 5.13. The molecule has 1 aromatic heterocycles. The van der Waals surface area contributed by atoms with Gasteiger partial charge in [0.2, 0.25) is 0 Å². The fraction of sp³-hybridized carbons (Fsp3) is 0.174. The summed E-state index contributed by atoms with van der Waals surface area (Å²) in [4.78, 5) is 5.13. The van der Waals surface area contributed by atoms with E-state index in [1.165, 1.54) is 56.9 Å². The van der Waals surface area contributed by atoms with Crippen LogP contribution in [0.25, 0.3) is 32.9 Å². The van der Waals surface area contributed by atoms with Crippen molar-refractivity contribution in [1.29, 1.82) is 0 Å². The van der Waals surface area contributed by atoms with E-state index in [1.807, 2.05) is 0 Å². The molecule has 0 unspecified atom stereocenters. The molecule has 0 radical (unpaired) electrons. The van der Waals surface area contributed by atoms with Gasteiger partial charge in [-0.1, -0.05) is 54.6 Å². The molecular formula is C23H19N. The van der Waals surface area contributed by atoms with Crippen molar-refractivity contribution >= 4 is 21.7 Å². The van der Waals surface area contributed by atoms with Crippen LogP contribution in [0.5, 0.6) is 0 Å². The third-order valence-electron chi connectivity index (χ3n) is 5.34. The summed E-state index contributed by atoms with van der Waals surface area (Å²) < 4.78 is 0. The summed E-state index contributed by atoms with van der Waals surface area (Å²) in [6, 6.07) is 21.7. The average Bonchev–Trinajstić information content (AvgIpc) is 3.11. The lowest BCUT2D eigenvalue weighted by atomic mass is 9.94. The van der Waals surface area contributed by atoms with E-state index in [9.17, 15) is 0 Å². The Balaban J connectivity index is 1.93. The molecule has 1 aliphatic carbocycles. The molecule has 1 aliphatic rings. The van der Waals surface area contributed by atoms with Gasteiger partial charge >= 0.3 is 0 Å². The lowest BCUT2D eigenvalue weighted by Gasteiger charge is -2.15. The first-order valence-electron chi connectivity index (χ1n) is 8.72. The van der Waals surface area contributed by atoms with E-state index in [0.717, 1.165) is 11.9 Å². The molecule has 0 aliphatic heterocycles. The fourth-order valence-corrected chi connectivity index (χ4v) is 4.20. The van der Waals surface area contributed by atoms with Crippen molar-refractivity contribution in [1.82, 2.24) is 4.98 Å². The highest BCUT2D eigenvalue weighted by Crippen LogP contribution is 2.39. The Morgan fingerprint density at radius 2 is 1.58 bits per heavy atom. The van der Waals surface area contributed by atoms with E-state index in [2.05, 4.69) is 67.6 Å². The summed E-state index contributed by atoms with van der Waals surface area (Å²) in [6.07, 6.45) is 3.55. The maximum Gasteiger partial charge on any atom is 0.0747 e. The number of hydrogen-bond acceptors (Lipinski definition) is 1. The van der Waals surface area contributed by atoms with Crippen LogP contribution in [0.3, 0.4) is 0 Å². The summed E-state index contributed by atoms with van der Waals surface area (Å²) in [5.74, 6) is 0. The summed E-state index contributed by atoms with van der Waals surface area (Å²) in [7, 11) is 0. The highest BCUT2D eigenvalue weighted by molar-refractivity contribution is 6.09. The van der Waals surface area contributed by atoms with Crippen LogP contribution >= 0.6 is 0 Å². The lowest BCUT2D eigenvalue weighted by molar-refractivity contribution is 0.913. The van der Waals surface area contributed by atoms with Crippen molar-refractivity contribution in [3.05, 3.63) is 77.4 Å². The van der Waals surface area contributed by atoms with Crippen molar-refractivity contribution in [2.75, 3.05) is 0 Å². The van der Waals surface area contributed by atoms with Crippen LogP contribution in [-0.2, 0) is 12.8 Å². The van der Waals surface area contributed by atoms with E-state index in [0.29, 0.717) is 0 Å². The molecule has 0 amide bonds. The molecule has 1 heterocycles. The second-order valence-electron chi connectivity index (χ2n) is 6.77. The Morgan fingerprint density at radius 3 is 2.50 bits per heavy atom. The SMILES string of the molecule is Cc1ccccc1-c1nc2ccc3ccccc3c2c2c1CCC2. The summed E-state index contributed by atoms with van der Waals surface area (Å²) in [6.45, 7) is 2.18. The van der Waals surface area contributed by atoms with Crippen LogP contribution in [0.1, 0.15) is 23.1 Å². The Hall–Kier alpha value is -2.67. The fourth-order valence-electron chi connectivity index (χ4n) is 4.20. The number of fused-ring (bicyclic) bond motifs is 5. The van der Waals surface area contributed by atoms with E-state index in [1.54, 1.807) is 0 Å². The Bertz CT molecular complexity index is 1090. The van der Waals surface area contributed by atoms with Gasteiger partial charge in [-0.15, -0.1) is 0 Å². The van der Waals surface area contributed by atoms with Crippen LogP contribution in [0.2, 0.25) is 0 Å². The molecule has 5 rings (SSSR count). The number of rotatable bonds is 1. The first-order valence-corrected chi connectivity index (χ1v) is 8.72. The predicted molar refractivity (Wildman–Crippen MR) is 101 cm³/mol. The van der Waals surface area contributed by atoms with Crippen molar-refractivity contribution in [2.45, 2.75) is 26.2 Å². The van der Waals surface area contributed by atoms with Crippen LogP contribution in [0, 0.1) is 6.92 Å². The zero-order chi connectivity index (χ0) is 16.1. The molecular weight excluding hydrogens is 290 g/mol. The average molecular weight is 309 g/mol. The third-order valence-corrected chi connectivity index (χ3v) is 5.34. The number of aryl methyl sites for hydroxylation is 2. The summed E-state index contributed by atoms with van der Waals surface area (Å²) in [5.41, 5.74) is 7.91. The molecule has 0 saturated carbocycles. The molecule has 1 heteroatoms.